The van der Waals surface area contributed by atoms with Crippen LogP contribution in [-0.4, -0.2) is 0 Å². The van der Waals surface area contributed by atoms with Crippen LogP contribution >= 0.6 is 0 Å². The second kappa shape index (κ2) is 6.81. The third-order valence-electron chi connectivity index (χ3n) is 11.1. The van der Waals surface area contributed by atoms with Crippen molar-refractivity contribution in [2.24, 2.45) is 59.2 Å². The van der Waals surface area contributed by atoms with Gasteiger partial charge in [-0.2, -0.15) is 0 Å². The summed E-state index contributed by atoms with van der Waals surface area (Å²) in [6.07, 6.45) is 25.7. The first-order chi connectivity index (χ1) is 12.9. The van der Waals surface area contributed by atoms with E-state index in [0.29, 0.717) is 0 Å². The fraction of sp³-hybridized carbons (Fsp3) is 1.00. The van der Waals surface area contributed by atoms with Crippen LogP contribution in [-0.2, 0) is 0 Å². The topological polar surface area (TPSA) is 0 Å². The van der Waals surface area contributed by atoms with Crippen LogP contribution in [0.5, 0.6) is 0 Å². The number of hydrogen-bond acceptors (Lipinski definition) is 0. The van der Waals surface area contributed by atoms with Crippen molar-refractivity contribution in [2.45, 2.75) is 103 Å². The maximum atomic E-state index is 1.68. The maximum Gasteiger partial charge on any atom is -0.0321 e. The lowest BCUT2D eigenvalue weighted by atomic mass is 9.42. The van der Waals surface area contributed by atoms with Gasteiger partial charge in [0.05, 0.1) is 0 Å². The summed E-state index contributed by atoms with van der Waals surface area (Å²) in [4.78, 5) is 0. The first kappa shape index (κ1) is 16.9. The minimum Gasteiger partial charge on any atom is -0.0530 e. The highest BCUT2D eigenvalue weighted by Crippen LogP contribution is 2.65. The summed E-state index contributed by atoms with van der Waals surface area (Å²) in [5, 5.41) is 0. The minimum atomic E-state index is 1.15. The van der Waals surface area contributed by atoms with Gasteiger partial charge in [0.25, 0.3) is 0 Å². The Morgan fingerprint density at radius 3 is 1.58 bits per heavy atom. The molecular formula is C26H42. The molecule has 0 spiro atoms. The van der Waals surface area contributed by atoms with Crippen molar-refractivity contribution in [1.82, 2.24) is 0 Å². The highest BCUT2D eigenvalue weighted by molar-refractivity contribution is 5.06. The molecule has 0 aromatic heterocycles. The first-order valence-corrected chi connectivity index (χ1v) is 12.9. The monoisotopic (exact) mass is 354 g/mol. The van der Waals surface area contributed by atoms with Crippen LogP contribution in [0.25, 0.3) is 0 Å². The van der Waals surface area contributed by atoms with Crippen molar-refractivity contribution in [3.63, 3.8) is 0 Å². The molecule has 0 unspecified atom stereocenters. The first-order valence-electron chi connectivity index (χ1n) is 12.9. The minimum absolute atomic E-state index is 1.15. The summed E-state index contributed by atoms with van der Waals surface area (Å²) < 4.78 is 0. The van der Waals surface area contributed by atoms with Crippen LogP contribution in [0.1, 0.15) is 103 Å². The molecule has 0 saturated heterocycles. The molecule has 6 aliphatic rings. The molecule has 26 heavy (non-hydrogen) atoms. The Morgan fingerprint density at radius 1 is 0.308 bits per heavy atom. The molecule has 0 aromatic carbocycles. The predicted molar refractivity (Wildman–Crippen MR) is 109 cm³/mol. The van der Waals surface area contributed by atoms with E-state index in [1.54, 1.807) is 103 Å². The molecular weight excluding hydrogens is 312 g/mol. The number of fused-ring (bicyclic) bond motifs is 9. The fourth-order valence-electron chi connectivity index (χ4n) is 10.3. The summed E-state index contributed by atoms with van der Waals surface area (Å²) >= 11 is 0. The van der Waals surface area contributed by atoms with Crippen LogP contribution < -0.4 is 0 Å². The van der Waals surface area contributed by atoms with Gasteiger partial charge < -0.3 is 0 Å². The summed E-state index contributed by atoms with van der Waals surface area (Å²) in [6, 6.07) is 0. The zero-order chi connectivity index (χ0) is 17.1. The Kier molecular flexibility index (Phi) is 4.43. The molecule has 0 N–H and O–H groups in total. The van der Waals surface area contributed by atoms with E-state index in [1.807, 2.05) is 0 Å². The van der Waals surface area contributed by atoms with Crippen molar-refractivity contribution in [3.05, 3.63) is 0 Å². The number of hydrogen-bond donors (Lipinski definition) is 0. The van der Waals surface area contributed by atoms with Gasteiger partial charge in [0.1, 0.15) is 0 Å². The van der Waals surface area contributed by atoms with Gasteiger partial charge in [0, 0.05) is 0 Å². The molecule has 0 bridgehead atoms. The van der Waals surface area contributed by atoms with Crippen LogP contribution in [0.2, 0.25) is 0 Å². The molecule has 0 nitrogen and oxygen atoms in total. The zero-order valence-corrected chi connectivity index (χ0v) is 17.1. The Morgan fingerprint density at radius 2 is 0.846 bits per heavy atom. The van der Waals surface area contributed by atoms with Crippen molar-refractivity contribution in [1.29, 1.82) is 0 Å². The molecule has 0 radical (unpaired) electrons. The van der Waals surface area contributed by atoms with Gasteiger partial charge in [0.2, 0.25) is 0 Å². The summed E-state index contributed by atoms with van der Waals surface area (Å²) in [5.74, 6) is 11.6. The van der Waals surface area contributed by atoms with Crippen molar-refractivity contribution in [3.8, 4) is 0 Å². The van der Waals surface area contributed by atoms with Gasteiger partial charge in [0.15, 0.2) is 0 Å². The third-order valence-corrected chi connectivity index (χ3v) is 11.1. The van der Waals surface area contributed by atoms with E-state index in [0.717, 1.165) is 35.5 Å². The van der Waals surface area contributed by atoms with Gasteiger partial charge in [-0.3, -0.25) is 0 Å². The second-order valence-electron chi connectivity index (χ2n) is 11.7. The van der Waals surface area contributed by atoms with Crippen LogP contribution in [0.4, 0.5) is 0 Å². The van der Waals surface area contributed by atoms with Gasteiger partial charge in [-0.15, -0.1) is 0 Å². The summed E-state index contributed by atoms with van der Waals surface area (Å²) in [6.45, 7) is 0. The summed E-state index contributed by atoms with van der Waals surface area (Å²) in [7, 11) is 0. The van der Waals surface area contributed by atoms with E-state index in [4.69, 9.17) is 0 Å². The Bertz CT molecular complexity index is 497. The molecule has 10 atom stereocenters. The third kappa shape index (κ3) is 2.59. The van der Waals surface area contributed by atoms with E-state index >= 15 is 0 Å². The van der Waals surface area contributed by atoms with Crippen molar-refractivity contribution in [2.75, 3.05) is 0 Å². The summed E-state index contributed by atoms with van der Waals surface area (Å²) in [5.41, 5.74) is 0. The highest BCUT2D eigenvalue weighted by atomic mass is 14.6. The molecule has 6 saturated carbocycles. The normalized spacial score (nSPS) is 56.3. The van der Waals surface area contributed by atoms with Gasteiger partial charge in [-0.1, -0.05) is 57.8 Å². The van der Waals surface area contributed by atoms with E-state index in [1.165, 1.54) is 23.7 Å². The standard InChI is InChI=1S/C26H42/c1-2-9-19-16-25-24(15-18(19)8-1)22-12-6-5-11-21(22)23-14-13-17-7-3-4-10-20(17)26(23)25/h17-26H,1-16H2/t17-,18+,19-,20-,21-,22+,23-,24+,25+,26-/m1/s1. The second-order valence-corrected chi connectivity index (χ2v) is 11.7. The molecule has 0 amide bonds. The molecule has 0 heterocycles. The maximum absolute atomic E-state index is 1.68. The molecule has 0 heteroatoms. The van der Waals surface area contributed by atoms with Crippen LogP contribution in [0.3, 0.4) is 0 Å². The SMILES string of the molecule is C1CC[C@H]2C[C@H]3[C@H]4CCCC[C@H]4[C@H]4CC[C@H]5CCCC[C@H]5[C@H]4[C@H]3C[C@H]2C1. The predicted octanol–water partition coefficient (Wildman–Crippen LogP) is 7.47. The average molecular weight is 355 g/mol. The molecule has 0 aliphatic heterocycles. The quantitative estimate of drug-likeness (QED) is 0.423. The lowest BCUT2D eigenvalue weighted by Gasteiger charge is -2.63. The molecule has 0 aromatic rings. The Hall–Kier alpha value is 0. The fourth-order valence-corrected chi connectivity index (χ4v) is 10.3. The molecule has 6 fully saturated rings. The van der Waals surface area contributed by atoms with Gasteiger partial charge in [-0.05, 0) is 104 Å². The number of rotatable bonds is 0. The lowest BCUT2D eigenvalue weighted by molar-refractivity contribution is -0.141. The molecule has 6 aliphatic carbocycles. The Balaban J connectivity index is 1.35. The highest BCUT2D eigenvalue weighted by Gasteiger charge is 2.57. The van der Waals surface area contributed by atoms with Gasteiger partial charge in [-0.25, -0.2) is 0 Å². The zero-order valence-electron chi connectivity index (χ0n) is 17.1. The largest absolute Gasteiger partial charge is 0.0530 e. The van der Waals surface area contributed by atoms with Crippen LogP contribution in [0.15, 0.2) is 0 Å². The Labute approximate surface area is 162 Å². The van der Waals surface area contributed by atoms with Crippen molar-refractivity contribution < 1.29 is 0 Å². The van der Waals surface area contributed by atoms with E-state index < -0.39 is 0 Å². The van der Waals surface area contributed by atoms with E-state index in [2.05, 4.69) is 0 Å². The molecule has 6 rings (SSSR count). The molecule has 146 valence electrons. The average Bonchev–Trinajstić information content (AvgIpc) is 2.72. The van der Waals surface area contributed by atoms with Crippen molar-refractivity contribution >= 4 is 0 Å². The van der Waals surface area contributed by atoms with E-state index in [9.17, 15) is 0 Å². The van der Waals surface area contributed by atoms with Crippen LogP contribution in [0, 0.1) is 59.2 Å². The smallest absolute Gasteiger partial charge is 0.0321 e. The van der Waals surface area contributed by atoms with E-state index in [-0.39, 0.29) is 0 Å². The van der Waals surface area contributed by atoms with Gasteiger partial charge >= 0.3 is 0 Å². The lowest BCUT2D eigenvalue weighted by Crippen LogP contribution is -2.56.